The maximum absolute atomic E-state index is 13.1. The summed E-state index contributed by atoms with van der Waals surface area (Å²) in [5.74, 6) is -1.33. The van der Waals surface area contributed by atoms with Gasteiger partial charge in [0.1, 0.15) is 6.10 Å². The van der Waals surface area contributed by atoms with E-state index in [1.165, 1.54) is 0 Å². The molecule has 0 aromatic rings. The predicted molar refractivity (Wildman–Crippen MR) is 109 cm³/mol. The van der Waals surface area contributed by atoms with Crippen LogP contribution < -0.4 is 21.3 Å². The van der Waals surface area contributed by atoms with Gasteiger partial charge in [-0.25, -0.2) is 0 Å². The summed E-state index contributed by atoms with van der Waals surface area (Å²) in [5, 5.41) is 22.6. The van der Waals surface area contributed by atoms with Gasteiger partial charge >= 0.3 is 0 Å². The van der Waals surface area contributed by atoms with Crippen LogP contribution in [0.2, 0.25) is 0 Å². The summed E-state index contributed by atoms with van der Waals surface area (Å²) in [5.41, 5.74) is 0.198. The van der Waals surface area contributed by atoms with Crippen LogP contribution in [0.5, 0.6) is 0 Å². The van der Waals surface area contributed by atoms with Gasteiger partial charge in [0, 0.05) is 31.0 Å². The molecule has 0 radical (unpaired) electrons. The number of rotatable bonds is 7. The molecule has 2 saturated heterocycles. The molecule has 8 nitrogen and oxygen atoms in total. The zero-order valence-corrected chi connectivity index (χ0v) is 17.9. The first-order valence-electron chi connectivity index (χ1n) is 10.6. The average Bonchev–Trinajstić information content (AvgIpc) is 3.49. The van der Waals surface area contributed by atoms with E-state index >= 15 is 0 Å². The number of aliphatic hydroxyl groups is 1. The topological polar surface area (TPSA) is 120 Å². The van der Waals surface area contributed by atoms with E-state index in [2.05, 4.69) is 35.1 Å². The van der Waals surface area contributed by atoms with Gasteiger partial charge in [-0.15, -0.1) is 12.4 Å². The third kappa shape index (κ3) is 4.54. The van der Waals surface area contributed by atoms with Crippen LogP contribution >= 0.6 is 12.4 Å². The van der Waals surface area contributed by atoms with E-state index in [9.17, 15) is 19.5 Å². The van der Waals surface area contributed by atoms with Crippen molar-refractivity contribution in [2.75, 3.05) is 13.1 Å². The Balaban J connectivity index is 0.00000240. The lowest BCUT2D eigenvalue weighted by Crippen LogP contribution is -2.53. The predicted octanol–water partition coefficient (Wildman–Crippen LogP) is -0.102. The fraction of sp³-hybridized carbons (Fsp3) is 0.850. The van der Waals surface area contributed by atoms with Crippen molar-refractivity contribution < 1.29 is 19.5 Å². The quantitative estimate of drug-likeness (QED) is 0.388. The minimum absolute atomic E-state index is 0. The number of aliphatic hydroxyl groups excluding tert-OH is 1. The Morgan fingerprint density at radius 2 is 1.93 bits per heavy atom. The minimum Gasteiger partial charge on any atom is -0.382 e. The van der Waals surface area contributed by atoms with Crippen LogP contribution in [0.4, 0.5) is 0 Å². The molecular formula is C20H33ClN4O4. The number of halogens is 1. The standard InChI is InChI=1S/C20H32N4O4.ClH/c1-20(2)13-9-22-16(14(13)20)24-18(27)12(8-10-4-3-7-21-17(10)26)15(25)19(28)23-11-5-6-11;/h10-16,22,25H,3-9H2,1-2H3,(H,21,26)(H,23,28)(H,24,27);1H/t10-,12-,13-,14-,15?,16-;/m0./s1. The number of amides is 3. The van der Waals surface area contributed by atoms with Crippen molar-refractivity contribution in [3.8, 4) is 0 Å². The molecule has 4 rings (SSSR count). The number of carbonyl (C=O) groups excluding carboxylic acids is 3. The van der Waals surface area contributed by atoms with Crippen molar-refractivity contribution in [2.45, 2.75) is 64.3 Å². The first-order chi connectivity index (χ1) is 13.3. The normalized spacial score (nSPS) is 34.1. The molecule has 2 heterocycles. The fourth-order valence-corrected chi connectivity index (χ4v) is 5.06. The van der Waals surface area contributed by atoms with E-state index in [1.807, 2.05) is 0 Å². The average molecular weight is 429 g/mol. The lowest BCUT2D eigenvalue weighted by molar-refractivity contribution is -0.142. The Morgan fingerprint density at radius 3 is 2.52 bits per heavy atom. The van der Waals surface area contributed by atoms with E-state index in [-0.39, 0.29) is 54.2 Å². The monoisotopic (exact) mass is 428 g/mol. The highest BCUT2D eigenvalue weighted by atomic mass is 35.5. The summed E-state index contributed by atoms with van der Waals surface area (Å²) in [6, 6.07) is 0.105. The molecule has 4 fully saturated rings. The molecule has 0 aromatic heterocycles. The number of nitrogens with one attached hydrogen (secondary N) is 4. The van der Waals surface area contributed by atoms with Crippen LogP contribution in [0.3, 0.4) is 0 Å². The van der Waals surface area contributed by atoms with Crippen LogP contribution in [0.25, 0.3) is 0 Å². The maximum Gasteiger partial charge on any atom is 0.249 e. The molecule has 4 aliphatic rings. The summed E-state index contributed by atoms with van der Waals surface area (Å²) in [6.07, 6.45) is 1.92. The largest absolute Gasteiger partial charge is 0.382 e. The third-order valence-electron chi connectivity index (χ3n) is 7.20. The molecule has 29 heavy (non-hydrogen) atoms. The van der Waals surface area contributed by atoms with E-state index in [0.29, 0.717) is 24.8 Å². The van der Waals surface area contributed by atoms with Gasteiger partial charge in [0.05, 0.1) is 12.1 Å². The van der Waals surface area contributed by atoms with Crippen molar-refractivity contribution in [2.24, 2.45) is 29.1 Å². The molecule has 2 aliphatic heterocycles. The molecule has 0 bridgehead atoms. The van der Waals surface area contributed by atoms with Gasteiger partial charge < -0.3 is 21.1 Å². The van der Waals surface area contributed by atoms with Gasteiger partial charge in [0.2, 0.25) is 17.7 Å². The van der Waals surface area contributed by atoms with Crippen LogP contribution in [0.1, 0.15) is 46.0 Å². The van der Waals surface area contributed by atoms with Gasteiger partial charge in [0.25, 0.3) is 0 Å². The van der Waals surface area contributed by atoms with Gasteiger partial charge in [-0.05, 0) is 43.4 Å². The van der Waals surface area contributed by atoms with Crippen LogP contribution in [0.15, 0.2) is 0 Å². The van der Waals surface area contributed by atoms with Crippen molar-refractivity contribution in [1.29, 1.82) is 0 Å². The lowest BCUT2D eigenvalue weighted by Gasteiger charge is -2.29. The second-order valence-corrected chi connectivity index (χ2v) is 9.55. The molecule has 9 heteroatoms. The van der Waals surface area contributed by atoms with Crippen molar-refractivity contribution >= 4 is 30.1 Å². The van der Waals surface area contributed by atoms with Gasteiger partial charge in [-0.1, -0.05) is 13.8 Å². The Labute approximate surface area is 177 Å². The van der Waals surface area contributed by atoms with Crippen LogP contribution in [0, 0.1) is 29.1 Å². The van der Waals surface area contributed by atoms with E-state index in [0.717, 1.165) is 25.8 Å². The summed E-state index contributed by atoms with van der Waals surface area (Å²) < 4.78 is 0. The van der Waals surface area contributed by atoms with Crippen molar-refractivity contribution in [1.82, 2.24) is 21.3 Å². The molecule has 0 spiro atoms. The van der Waals surface area contributed by atoms with Gasteiger partial charge in [-0.3, -0.25) is 19.7 Å². The van der Waals surface area contributed by atoms with Gasteiger partial charge in [0.15, 0.2) is 0 Å². The highest BCUT2D eigenvalue weighted by Gasteiger charge is 2.64. The summed E-state index contributed by atoms with van der Waals surface area (Å²) >= 11 is 0. The highest BCUT2D eigenvalue weighted by molar-refractivity contribution is 5.90. The molecule has 2 saturated carbocycles. The number of hydrogen-bond donors (Lipinski definition) is 5. The van der Waals surface area contributed by atoms with Crippen LogP contribution in [-0.2, 0) is 14.4 Å². The van der Waals surface area contributed by atoms with E-state index in [1.54, 1.807) is 0 Å². The first-order valence-corrected chi connectivity index (χ1v) is 10.6. The zero-order chi connectivity index (χ0) is 20.1. The number of fused-ring (bicyclic) bond motifs is 1. The fourth-order valence-electron chi connectivity index (χ4n) is 5.06. The van der Waals surface area contributed by atoms with Gasteiger partial charge in [-0.2, -0.15) is 0 Å². The number of carbonyl (C=O) groups is 3. The second kappa shape index (κ2) is 8.40. The minimum atomic E-state index is -1.44. The molecule has 3 amide bonds. The number of hydrogen-bond acceptors (Lipinski definition) is 5. The SMILES string of the molecule is CC1(C)[C@@H]2[C@H](NC(=O)[C@@H](C[C@@H]3CCCNC3=O)C(O)C(=O)NC3CC3)NC[C@@H]21.Cl. The Morgan fingerprint density at radius 1 is 1.21 bits per heavy atom. The Hall–Kier alpha value is -1.38. The summed E-state index contributed by atoms with van der Waals surface area (Å²) in [4.78, 5) is 37.7. The molecule has 164 valence electrons. The summed E-state index contributed by atoms with van der Waals surface area (Å²) in [7, 11) is 0. The Kier molecular flexibility index (Phi) is 6.46. The van der Waals surface area contributed by atoms with Crippen molar-refractivity contribution in [3.05, 3.63) is 0 Å². The van der Waals surface area contributed by atoms with E-state index < -0.39 is 17.9 Å². The van der Waals surface area contributed by atoms with Crippen LogP contribution in [-0.4, -0.2) is 54.2 Å². The Bertz CT molecular complexity index is 669. The molecular weight excluding hydrogens is 396 g/mol. The second-order valence-electron chi connectivity index (χ2n) is 9.55. The molecule has 2 aliphatic carbocycles. The van der Waals surface area contributed by atoms with Crippen molar-refractivity contribution in [3.63, 3.8) is 0 Å². The first kappa shape index (κ1) is 22.3. The lowest BCUT2D eigenvalue weighted by atomic mass is 9.84. The highest BCUT2D eigenvalue weighted by Crippen LogP contribution is 2.61. The smallest absolute Gasteiger partial charge is 0.249 e. The molecule has 5 N–H and O–H groups in total. The van der Waals surface area contributed by atoms with E-state index in [4.69, 9.17) is 0 Å². The summed E-state index contributed by atoms with van der Waals surface area (Å²) in [6.45, 7) is 5.90. The molecule has 1 unspecified atom stereocenters. The third-order valence-corrected chi connectivity index (χ3v) is 7.20. The number of piperidine rings is 2. The molecule has 0 aromatic carbocycles. The zero-order valence-electron chi connectivity index (χ0n) is 17.1. The maximum atomic E-state index is 13.1. The molecule has 6 atom stereocenters.